The van der Waals surface area contributed by atoms with Gasteiger partial charge in [0.1, 0.15) is 10.5 Å². The van der Waals surface area contributed by atoms with E-state index >= 15 is 0 Å². The van der Waals surface area contributed by atoms with E-state index in [0.29, 0.717) is 53.9 Å². The summed E-state index contributed by atoms with van der Waals surface area (Å²) in [5.74, 6) is 0.443. The Morgan fingerprint density at radius 2 is 1.74 bits per heavy atom. The zero-order chi connectivity index (χ0) is 27.4. The van der Waals surface area contributed by atoms with Crippen molar-refractivity contribution in [2.24, 2.45) is 0 Å². The number of Topliss-reactive ketones (excluding diaryl/α,β-unsaturated/α-hetero) is 1. The molecular weight excluding hydrogens is 525 g/mol. The maximum Gasteiger partial charge on any atom is 0.331 e. The van der Waals surface area contributed by atoms with E-state index in [1.54, 1.807) is 11.4 Å². The Morgan fingerprint density at radius 1 is 0.949 bits per heavy atom. The Hall–Kier alpha value is -4.25. The quantitative estimate of drug-likeness (QED) is 0.224. The van der Waals surface area contributed by atoms with Gasteiger partial charge in [0.15, 0.2) is 17.3 Å². The number of hydrogen-bond donors (Lipinski definition) is 1. The smallest absolute Gasteiger partial charge is 0.331 e. The van der Waals surface area contributed by atoms with Crippen molar-refractivity contribution in [2.75, 3.05) is 6.79 Å². The molecule has 5 rings (SSSR count). The predicted octanol–water partition coefficient (Wildman–Crippen LogP) is 3.85. The van der Waals surface area contributed by atoms with E-state index in [4.69, 9.17) is 9.47 Å². The largest absolute Gasteiger partial charge is 0.454 e. The minimum absolute atomic E-state index is 0.0912. The van der Waals surface area contributed by atoms with Gasteiger partial charge in [-0.15, -0.1) is 11.3 Å². The predicted molar refractivity (Wildman–Crippen MR) is 144 cm³/mol. The summed E-state index contributed by atoms with van der Waals surface area (Å²) in [4.78, 5) is 51.2. The van der Waals surface area contributed by atoms with Crippen molar-refractivity contribution in [3.63, 3.8) is 0 Å². The van der Waals surface area contributed by atoms with E-state index in [9.17, 15) is 23.6 Å². The van der Waals surface area contributed by atoms with Gasteiger partial charge in [-0.25, -0.2) is 9.18 Å². The molecule has 11 heteroatoms. The number of hydrogen-bond acceptors (Lipinski definition) is 7. The molecule has 4 aromatic rings. The van der Waals surface area contributed by atoms with Crippen molar-refractivity contribution in [1.82, 2.24) is 14.5 Å². The van der Waals surface area contributed by atoms with Crippen molar-refractivity contribution in [3.8, 4) is 11.5 Å². The number of carbonyl (C=O) groups is 2. The maximum absolute atomic E-state index is 13.2. The van der Waals surface area contributed by atoms with Crippen LogP contribution in [0.25, 0.3) is 10.2 Å². The summed E-state index contributed by atoms with van der Waals surface area (Å²) in [7, 11) is 0. The molecule has 0 saturated heterocycles. The molecule has 3 heterocycles. The lowest BCUT2D eigenvalue weighted by atomic mass is 10.1. The summed E-state index contributed by atoms with van der Waals surface area (Å²) >= 11 is 1.21. The van der Waals surface area contributed by atoms with Crippen molar-refractivity contribution in [1.29, 1.82) is 0 Å². The number of unbranched alkanes of at least 4 members (excludes halogenated alkanes) is 2. The summed E-state index contributed by atoms with van der Waals surface area (Å²) in [5, 5.41) is 4.59. The first-order chi connectivity index (χ1) is 18.9. The number of nitrogens with zero attached hydrogens (tertiary/aromatic N) is 2. The number of ether oxygens (including phenoxy) is 2. The third-order valence-electron chi connectivity index (χ3n) is 6.52. The van der Waals surface area contributed by atoms with Crippen LogP contribution in [0.3, 0.4) is 0 Å². The van der Waals surface area contributed by atoms with Crippen LogP contribution in [-0.4, -0.2) is 27.6 Å². The van der Waals surface area contributed by atoms with Crippen LogP contribution >= 0.6 is 11.3 Å². The SMILES string of the molecule is O=C(CCCCCn1c(=O)c2sccc2n(CC(=O)c2ccc(F)cc2)c1=O)NCc1ccc2c(c1)OCO2. The fourth-order valence-electron chi connectivity index (χ4n) is 4.43. The number of amides is 1. The van der Waals surface area contributed by atoms with Gasteiger partial charge in [-0.05, 0) is 66.2 Å². The molecule has 1 amide bonds. The van der Waals surface area contributed by atoms with E-state index < -0.39 is 17.1 Å². The molecule has 0 bridgehead atoms. The van der Waals surface area contributed by atoms with E-state index in [1.165, 1.54) is 40.2 Å². The van der Waals surface area contributed by atoms with Crippen LogP contribution in [0.15, 0.2) is 63.5 Å². The summed E-state index contributed by atoms with van der Waals surface area (Å²) < 4.78 is 26.7. The summed E-state index contributed by atoms with van der Waals surface area (Å²) in [6.45, 7) is 0.485. The lowest BCUT2D eigenvalue weighted by Crippen LogP contribution is -2.40. The molecule has 0 spiro atoms. The second-order valence-corrected chi connectivity index (χ2v) is 10.1. The van der Waals surface area contributed by atoms with Crippen LogP contribution in [-0.2, 0) is 24.4 Å². The van der Waals surface area contributed by atoms with Crippen LogP contribution < -0.4 is 26.0 Å². The van der Waals surface area contributed by atoms with Gasteiger partial charge in [0.25, 0.3) is 5.56 Å². The number of rotatable bonds is 11. The Labute approximate surface area is 226 Å². The Bertz CT molecular complexity index is 1640. The number of thiophene rings is 1. The first kappa shape index (κ1) is 26.4. The lowest BCUT2D eigenvalue weighted by molar-refractivity contribution is -0.121. The molecular formula is C28H26FN3O6S. The summed E-state index contributed by atoms with van der Waals surface area (Å²) in [6.07, 6.45) is 2.08. The molecule has 2 aromatic carbocycles. The molecule has 0 aliphatic carbocycles. The highest BCUT2D eigenvalue weighted by Gasteiger charge is 2.17. The average Bonchev–Trinajstić information content (AvgIpc) is 3.61. The molecule has 202 valence electrons. The Balaban J connectivity index is 1.16. The Morgan fingerprint density at radius 3 is 2.56 bits per heavy atom. The standard InChI is InChI=1S/C28H26FN3O6S/c29-20-8-6-19(7-9-20)22(33)16-32-21-11-13-39-26(21)27(35)31(28(32)36)12-3-1-2-4-25(34)30-15-18-5-10-23-24(14-18)38-17-37-23/h5-11,13-14H,1-4,12,15-17H2,(H,30,34). The van der Waals surface area contributed by atoms with Crippen molar-refractivity contribution >= 4 is 33.2 Å². The molecule has 39 heavy (non-hydrogen) atoms. The van der Waals surface area contributed by atoms with Gasteiger partial charge in [0.05, 0.1) is 12.1 Å². The van der Waals surface area contributed by atoms with E-state index in [2.05, 4.69) is 5.32 Å². The normalized spacial score (nSPS) is 12.1. The topological polar surface area (TPSA) is 109 Å². The molecule has 9 nitrogen and oxygen atoms in total. The molecule has 1 aliphatic rings. The number of benzene rings is 2. The Kier molecular flexibility index (Phi) is 7.87. The molecule has 0 radical (unpaired) electrons. The van der Waals surface area contributed by atoms with Crippen molar-refractivity contribution in [3.05, 3.63) is 91.7 Å². The maximum atomic E-state index is 13.2. The van der Waals surface area contributed by atoms with Gasteiger partial charge in [0.2, 0.25) is 12.7 Å². The molecule has 0 unspecified atom stereocenters. The molecule has 0 fully saturated rings. The fourth-order valence-corrected chi connectivity index (χ4v) is 5.27. The number of nitrogens with one attached hydrogen (secondary N) is 1. The molecule has 2 aromatic heterocycles. The highest BCUT2D eigenvalue weighted by Crippen LogP contribution is 2.32. The van der Waals surface area contributed by atoms with Crippen molar-refractivity contribution < 1.29 is 23.5 Å². The van der Waals surface area contributed by atoms with E-state index in [0.717, 1.165) is 10.1 Å². The molecule has 1 N–H and O–H groups in total. The van der Waals surface area contributed by atoms with Gasteiger partial charge in [0, 0.05) is 25.1 Å². The second-order valence-electron chi connectivity index (χ2n) is 9.17. The summed E-state index contributed by atoms with van der Waals surface area (Å²) in [6, 6.07) is 12.3. The van der Waals surface area contributed by atoms with Gasteiger partial charge in [-0.2, -0.15) is 0 Å². The van der Waals surface area contributed by atoms with Crippen molar-refractivity contribution in [2.45, 2.75) is 45.3 Å². The third kappa shape index (κ3) is 5.93. The van der Waals surface area contributed by atoms with Crippen LogP contribution in [0.2, 0.25) is 0 Å². The monoisotopic (exact) mass is 551 g/mol. The first-order valence-corrected chi connectivity index (χ1v) is 13.4. The lowest BCUT2D eigenvalue weighted by Gasteiger charge is -2.12. The van der Waals surface area contributed by atoms with Gasteiger partial charge < -0.3 is 14.8 Å². The van der Waals surface area contributed by atoms with Crippen LogP contribution in [0.1, 0.15) is 41.6 Å². The first-order valence-electron chi connectivity index (χ1n) is 12.6. The van der Waals surface area contributed by atoms with Gasteiger partial charge >= 0.3 is 5.69 Å². The van der Waals surface area contributed by atoms with Gasteiger partial charge in [-0.1, -0.05) is 12.5 Å². The minimum Gasteiger partial charge on any atom is -0.454 e. The number of halogens is 1. The minimum atomic E-state index is -0.567. The zero-order valence-corrected chi connectivity index (χ0v) is 21.8. The highest BCUT2D eigenvalue weighted by molar-refractivity contribution is 7.17. The number of carbonyl (C=O) groups excluding carboxylic acids is 2. The molecule has 0 saturated carbocycles. The van der Waals surface area contributed by atoms with E-state index in [1.807, 2.05) is 18.2 Å². The van der Waals surface area contributed by atoms with Crippen LogP contribution in [0.4, 0.5) is 4.39 Å². The number of ketones is 1. The highest BCUT2D eigenvalue weighted by atomic mass is 32.1. The fraction of sp³-hybridized carbons (Fsp3) is 0.286. The zero-order valence-electron chi connectivity index (χ0n) is 21.0. The van der Waals surface area contributed by atoms with Gasteiger partial charge in [-0.3, -0.25) is 23.5 Å². The number of fused-ring (bicyclic) bond motifs is 2. The number of aromatic nitrogens is 2. The van der Waals surface area contributed by atoms with E-state index in [-0.39, 0.29) is 37.1 Å². The van der Waals surface area contributed by atoms with Crippen LogP contribution in [0.5, 0.6) is 11.5 Å². The average molecular weight is 552 g/mol. The molecule has 1 aliphatic heterocycles. The van der Waals surface area contributed by atoms with Crippen LogP contribution in [0, 0.1) is 5.82 Å². The summed E-state index contributed by atoms with van der Waals surface area (Å²) in [5.41, 5.74) is 0.631. The third-order valence-corrected chi connectivity index (χ3v) is 7.41. The molecule has 0 atom stereocenters. The second kappa shape index (κ2) is 11.6.